The first kappa shape index (κ1) is 10.9. The molecule has 0 aliphatic carbocycles. The molecule has 2 aliphatic heterocycles. The van der Waals surface area contributed by atoms with Crippen molar-refractivity contribution in [3.8, 4) is 0 Å². The van der Waals surface area contributed by atoms with Gasteiger partial charge in [0.1, 0.15) is 0 Å². The summed E-state index contributed by atoms with van der Waals surface area (Å²) in [5, 5.41) is 0. The highest BCUT2D eigenvalue weighted by Gasteiger charge is 2.36. The normalized spacial score (nSPS) is 33.3. The summed E-state index contributed by atoms with van der Waals surface area (Å²) in [6, 6.07) is 0.0117. The lowest BCUT2D eigenvalue weighted by atomic mass is 9.86. The van der Waals surface area contributed by atoms with E-state index in [1.807, 2.05) is 4.90 Å². The molecule has 86 valence electrons. The number of fused-ring (bicyclic) bond motifs is 1. The largest absolute Gasteiger partial charge is 0.381 e. The maximum atomic E-state index is 11.9. The van der Waals surface area contributed by atoms with Gasteiger partial charge in [-0.2, -0.15) is 0 Å². The Labute approximate surface area is 90.8 Å². The molecule has 3 atom stereocenters. The zero-order chi connectivity index (χ0) is 10.8. The number of hydrogen-bond acceptors (Lipinski definition) is 3. The number of ether oxygens (including phenoxy) is 1. The van der Waals surface area contributed by atoms with Crippen LogP contribution in [0.1, 0.15) is 26.2 Å². The average Bonchev–Trinajstić information content (AvgIpc) is 2.27. The van der Waals surface area contributed by atoms with E-state index >= 15 is 0 Å². The van der Waals surface area contributed by atoms with Crippen molar-refractivity contribution in [1.29, 1.82) is 0 Å². The van der Waals surface area contributed by atoms with E-state index in [0.717, 1.165) is 32.6 Å². The molecule has 0 aromatic rings. The fourth-order valence-corrected chi connectivity index (χ4v) is 2.70. The lowest BCUT2D eigenvalue weighted by Crippen LogP contribution is -2.55. The predicted octanol–water partition coefficient (Wildman–Crippen LogP) is 0.361. The molecule has 2 N–H and O–H groups in total. The van der Waals surface area contributed by atoms with E-state index in [0.29, 0.717) is 12.0 Å². The number of likely N-dealkylation sites (tertiary alicyclic amines) is 1. The van der Waals surface area contributed by atoms with Crippen LogP contribution in [0.15, 0.2) is 0 Å². The SMILES string of the molecule is C[C@@H](N)C(=O)N1CCCC2COCCC21. The number of rotatable bonds is 1. The quantitative estimate of drug-likeness (QED) is 0.683. The Bertz CT molecular complexity index is 241. The first-order chi connectivity index (χ1) is 7.20. The van der Waals surface area contributed by atoms with E-state index in [1.165, 1.54) is 6.42 Å². The van der Waals surface area contributed by atoms with Gasteiger partial charge in [0.2, 0.25) is 5.91 Å². The summed E-state index contributed by atoms with van der Waals surface area (Å²) in [4.78, 5) is 13.9. The van der Waals surface area contributed by atoms with Gasteiger partial charge in [-0.25, -0.2) is 0 Å². The van der Waals surface area contributed by atoms with Crippen molar-refractivity contribution in [2.75, 3.05) is 19.8 Å². The highest BCUT2D eigenvalue weighted by atomic mass is 16.5. The maximum Gasteiger partial charge on any atom is 0.239 e. The number of nitrogens with zero attached hydrogens (tertiary/aromatic N) is 1. The van der Waals surface area contributed by atoms with Gasteiger partial charge in [-0.05, 0) is 26.2 Å². The fourth-order valence-electron chi connectivity index (χ4n) is 2.70. The first-order valence-electron chi connectivity index (χ1n) is 5.84. The lowest BCUT2D eigenvalue weighted by Gasteiger charge is -2.44. The van der Waals surface area contributed by atoms with Crippen LogP contribution in [-0.2, 0) is 9.53 Å². The topological polar surface area (TPSA) is 55.6 Å². The number of hydrogen-bond donors (Lipinski definition) is 1. The Balaban J connectivity index is 2.06. The van der Waals surface area contributed by atoms with Crippen LogP contribution in [0, 0.1) is 5.92 Å². The van der Waals surface area contributed by atoms with Crippen LogP contribution in [-0.4, -0.2) is 42.6 Å². The van der Waals surface area contributed by atoms with Crippen molar-refractivity contribution < 1.29 is 9.53 Å². The molecule has 2 aliphatic rings. The Morgan fingerprint density at radius 3 is 3.07 bits per heavy atom. The monoisotopic (exact) mass is 212 g/mol. The van der Waals surface area contributed by atoms with E-state index in [4.69, 9.17) is 10.5 Å². The molecule has 0 spiro atoms. The van der Waals surface area contributed by atoms with Gasteiger partial charge in [0, 0.05) is 25.1 Å². The smallest absolute Gasteiger partial charge is 0.239 e. The Morgan fingerprint density at radius 1 is 1.53 bits per heavy atom. The molecule has 4 nitrogen and oxygen atoms in total. The fraction of sp³-hybridized carbons (Fsp3) is 0.909. The summed E-state index contributed by atoms with van der Waals surface area (Å²) in [5.74, 6) is 0.641. The van der Waals surface area contributed by atoms with Gasteiger partial charge >= 0.3 is 0 Å². The third-order valence-corrected chi connectivity index (χ3v) is 3.48. The molecule has 2 unspecified atom stereocenters. The zero-order valence-corrected chi connectivity index (χ0v) is 9.32. The Hall–Kier alpha value is -0.610. The summed E-state index contributed by atoms with van der Waals surface area (Å²) < 4.78 is 5.46. The number of piperidine rings is 1. The Kier molecular flexibility index (Phi) is 3.26. The predicted molar refractivity (Wildman–Crippen MR) is 57.3 cm³/mol. The molecular formula is C11H20N2O2. The van der Waals surface area contributed by atoms with Crippen molar-refractivity contribution in [3.63, 3.8) is 0 Å². The van der Waals surface area contributed by atoms with Gasteiger partial charge < -0.3 is 15.4 Å². The molecule has 0 aromatic heterocycles. The summed E-state index contributed by atoms with van der Waals surface area (Å²) >= 11 is 0. The van der Waals surface area contributed by atoms with Gasteiger partial charge in [0.25, 0.3) is 0 Å². The third kappa shape index (κ3) is 2.16. The molecule has 2 fully saturated rings. The van der Waals surface area contributed by atoms with Crippen LogP contribution in [0.2, 0.25) is 0 Å². The number of nitrogens with two attached hydrogens (primary N) is 1. The van der Waals surface area contributed by atoms with Crippen LogP contribution < -0.4 is 5.73 Å². The van der Waals surface area contributed by atoms with E-state index in [-0.39, 0.29) is 11.9 Å². The summed E-state index contributed by atoms with van der Waals surface area (Å²) in [5.41, 5.74) is 5.67. The minimum atomic E-state index is -0.369. The third-order valence-electron chi connectivity index (χ3n) is 3.48. The van der Waals surface area contributed by atoms with Crippen molar-refractivity contribution in [1.82, 2.24) is 4.90 Å². The molecule has 2 heterocycles. The minimum absolute atomic E-state index is 0.103. The Morgan fingerprint density at radius 2 is 2.33 bits per heavy atom. The van der Waals surface area contributed by atoms with Crippen molar-refractivity contribution in [3.05, 3.63) is 0 Å². The van der Waals surface area contributed by atoms with Crippen LogP contribution in [0.4, 0.5) is 0 Å². The zero-order valence-electron chi connectivity index (χ0n) is 9.32. The van der Waals surface area contributed by atoms with Crippen LogP contribution in [0.25, 0.3) is 0 Å². The van der Waals surface area contributed by atoms with Crippen molar-refractivity contribution in [2.24, 2.45) is 11.7 Å². The molecule has 4 heteroatoms. The molecule has 0 bridgehead atoms. The summed E-state index contributed by atoms with van der Waals surface area (Å²) in [7, 11) is 0. The second-order valence-corrected chi connectivity index (χ2v) is 4.65. The van der Waals surface area contributed by atoms with E-state index < -0.39 is 0 Å². The van der Waals surface area contributed by atoms with Crippen LogP contribution >= 0.6 is 0 Å². The van der Waals surface area contributed by atoms with Crippen molar-refractivity contribution >= 4 is 5.91 Å². The highest BCUT2D eigenvalue weighted by Crippen LogP contribution is 2.29. The van der Waals surface area contributed by atoms with Gasteiger partial charge in [-0.1, -0.05) is 0 Å². The summed E-state index contributed by atoms with van der Waals surface area (Å²) in [6.45, 7) is 4.24. The molecule has 2 rings (SSSR count). The molecule has 1 amide bonds. The molecule has 0 aromatic carbocycles. The second kappa shape index (κ2) is 4.49. The molecule has 2 saturated heterocycles. The van der Waals surface area contributed by atoms with Gasteiger partial charge in [0.15, 0.2) is 0 Å². The molecule has 15 heavy (non-hydrogen) atoms. The van der Waals surface area contributed by atoms with Gasteiger partial charge in [0.05, 0.1) is 12.6 Å². The molecule has 0 saturated carbocycles. The summed E-state index contributed by atoms with van der Waals surface area (Å²) in [6.07, 6.45) is 3.25. The van der Waals surface area contributed by atoms with Gasteiger partial charge in [-0.15, -0.1) is 0 Å². The number of amides is 1. The first-order valence-corrected chi connectivity index (χ1v) is 5.84. The van der Waals surface area contributed by atoms with E-state index in [2.05, 4.69) is 0 Å². The number of carbonyl (C=O) groups is 1. The van der Waals surface area contributed by atoms with E-state index in [1.54, 1.807) is 6.92 Å². The van der Waals surface area contributed by atoms with Gasteiger partial charge in [-0.3, -0.25) is 4.79 Å². The highest BCUT2D eigenvalue weighted by molar-refractivity contribution is 5.81. The maximum absolute atomic E-state index is 11.9. The van der Waals surface area contributed by atoms with Crippen molar-refractivity contribution in [2.45, 2.75) is 38.3 Å². The average molecular weight is 212 g/mol. The number of carbonyl (C=O) groups excluding carboxylic acids is 1. The molecular weight excluding hydrogens is 192 g/mol. The second-order valence-electron chi connectivity index (χ2n) is 4.65. The standard InChI is InChI=1S/C11H20N2O2/c1-8(12)11(14)13-5-2-3-9-7-15-6-4-10(9)13/h8-10H,2-7,12H2,1H3/t8-,9?,10?/m1/s1. The van der Waals surface area contributed by atoms with Crippen LogP contribution in [0.3, 0.4) is 0 Å². The van der Waals surface area contributed by atoms with Crippen LogP contribution in [0.5, 0.6) is 0 Å². The lowest BCUT2D eigenvalue weighted by molar-refractivity contribution is -0.141. The minimum Gasteiger partial charge on any atom is -0.381 e. The van der Waals surface area contributed by atoms with E-state index in [9.17, 15) is 4.79 Å². The molecule has 0 radical (unpaired) electrons.